The topological polar surface area (TPSA) is 75.6 Å². The first-order valence-electron chi connectivity index (χ1n) is 6.64. The zero-order valence-electron chi connectivity index (χ0n) is 12.4. The van der Waals surface area contributed by atoms with Gasteiger partial charge in [0.2, 0.25) is 10.0 Å². The maximum absolute atomic E-state index is 12.2. The van der Waals surface area contributed by atoms with Gasteiger partial charge in [-0.15, -0.1) is 0 Å². The van der Waals surface area contributed by atoms with Crippen LogP contribution < -0.4 is 9.46 Å². The second-order valence-corrected chi connectivity index (χ2v) is 7.01. The summed E-state index contributed by atoms with van der Waals surface area (Å²) < 4.78 is 32.3. The van der Waals surface area contributed by atoms with E-state index in [4.69, 9.17) is 4.74 Å². The Morgan fingerprint density at radius 1 is 1.30 bits per heavy atom. The summed E-state index contributed by atoms with van der Waals surface area (Å²) in [6.45, 7) is 7.41. The van der Waals surface area contributed by atoms with Crippen molar-refractivity contribution >= 4 is 10.0 Å². The van der Waals surface area contributed by atoms with Crippen molar-refractivity contribution in [2.24, 2.45) is 0 Å². The van der Waals surface area contributed by atoms with E-state index in [-0.39, 0.29) is 4.90 Å². The Morgan fingerprint density at radius 2 is 1.85 bits per heavy atom. The smallest absolute Gasteiger partial charge is 0.241 e. The molecule has 0 amide bonds. The van der Waals surface area contributed by atoms with Crippen molar-refractivity contribution in [2.75, 3.05) is 6.61 Å². The molecule has 0 aliphatic carbocycles. The monoisotopic (exact) mass is 301 g/mol. The van der Waals surface area contributed by atoms with E-state index in [1.54, 1.807) is 32.9 Å². The molecule has 0 radical (unpaired) electrons. The van der Waals surface area contributed by atoms with Gasteiger partial charge in [-0.2, -0.15) is 0 Å². The van der Waals surface area contributed by atoms with Gasteiger partial charge >= 0.3 is 0 Å². The molecule has 1 aromatic carbocycles. The molecule has 0 aliphatic heterocycles. The van der Waals surface area contributed by atoms with Crippen LogP contribution in [0.2, 0.25) is 0 Å². The first kappa shape index (κ1) is 16.9. The number of nitrogens with one attached hydrogen (secondary N) is 1. The highest BCUT2D eigenvalue weighted by Gasteiger charge is 2.30. The van der Waals surface area contributed by atoms with E-state index in [1.807, 2.05) is 6.92 Å². The van der Waals surface area contributed by atoms with Gasteiger partial charge in [0.25, 0.3) is 0 Å². The predicted molar refractivity (Wildman–Crippen MR) is 78.3 cm³/mol. The number of ether oxygens (including phenoxy) is 1. The third kappa shape index (κ3) is 4.47. The average molecular weight is 301 g/mol. The lowest BCUT2D eigenvalue weighted by Crippen LogP contribution is -2.50. The predicted octanol–water partition coefficient (Wildman–Crippen LogP) is 1.91. The van der Waals surface area contributed by atoms with Crippen molar-refractivity contribution in [3.05, 3.63) is 24.3 Å². The van der Waals surface area contributed by atoms with E-state index in [0.717, 1.165) is 6.42 Å². The van der Waals surface area contributed by atoms with Crippen LogP contribution in [0.25, 0.3) is 0 Å². The van der Waals surface area contributed by atoms with Crippen LogP contribution in [0.5, 0.6) is 5.75 Å². The molecule has 0 aliphatic rings. The van der Waals surface area contributed by atoms with Gasteiger partial charge < -0.3 is 9.84 Å². The molecule has 1 aromatic rings. The van der Waals surface area contributed by atoms with Gasteiger partial charge in [0.1, 0.15) is 5.75 Å². The molecule has 0 aromatic heterocycles. The largest absolute Gasteiger partial charge is 0.494 e. The van der Waals surface area contributed by atoms with Crippen LogP contribution in [0, 0.1) is 0 Å². The van der Waals surface area contributed by atoms with Crippen molar-refractivity contribution < 1.29 is 18.3 Å². The van der Waals surface area contributed by atoms with E-state index in [0.29, 0.717) is 12.4 Å². The van der Waals surface area contributed by atoms with Crippen LogP contribution in [-0.2, 0) is 10.0 Å². The summed E-state index contributed by atoms with van der Waals surface area (Å²) in [6, 6.07) is 6.23. The van der Waals surface area contributed by atoms with Crippen molar-refractivity contribution in [3.8, 4) is 5.75 Å². The summed E-state index contributed by atoms with van der Waals surface area (Å²) in [6.07, 6.45) is 0.0916. The molecule has 20 heavy (non-hydrogen) atoms. The third-order valence-corrected chi connectivity index (χ3v) is 4.74. The number of hydrogen-bond acceptors (Lipinski definition) is 4. The SMILES string of the molecule is CCCOc1ccc(S(=O)(=O)NC(C)(C)C(C)O)cc1. The molecular formula is C14H23NO4S. The van der Waals surface area contributed by atoms with Crippen LogP contribution in [0.4, 0.5) is 0 Å². The first-order chi connectivity index (χ1) is 9.19. The molecule has 0 saturated heterocycles. The Hall–Kier alpha value is -1.11. The number of rotatable bonds is 7. The van der Waals surface area contributed by atoms with Crippen molar-refractivity contribution in [2.45, 2.75) is 50.7 Å². The zero-order chi connectivity index (χ0) is 15.4. The van der Waals surface area contributed by atoms with Gasteiger partial charge in [-0.3, -0.25) is 0 Å². The minimum atomic E-state index is -3.67. The lowest BCUT2D eigenvalue weighted by Gasteiger charge is -2.28. The van der Waals surface area contributed by atoms with Gasteiger partial charge in [-0.05, 0) is 51.5 Å². The maximum Gasteiger partial charge on any atom is 0.241 e. The Balaban J connectivity index is 2.88. The van der Waals surface area contributed by atoms with Crippen molar-refractivity contribution in [1.82, 2.24) is 4.72 Å². The fraction of sp³-hybridized carbons (Fsp3) is 0.571. The molecule has 6 heteroatoms. The Kier molecular flexibility index (Phi) is 5.56. The number of hydrogen-bond donors (Lipinski definition) is 2. The quantitative estimate of drug-likeness (QED) is 0.806. The molecular weight excluding hydrogens is 278 g/mol. The lowest BCUT2D eigenvalue weighted by atomic mass is 10.0. The molecule has 0 saturated carbocycles. The first-order valence-corrected chi connectivity index (χ1v) is 8.12. The number of sulfonamides is 1. The Bertz CT molecular complexity index is 521. The Morgan fingerprint density at radius 3 is 2.30 bits per heavy atom. The van der Waals surface area contributed by atoms with Crippen molar-refractivity contribution in [3.63, 3.8) is 0 Å². The van der Waals surface area contributed by atoms with Gasteiger partial charge in [-0.25, -0.2) is 13.1 Å². The van der Waals surface area contributed by atoms with Crippen LogP contribution in [0.15, 0.2) is 29.2 Å². The summed E-state index contributed by atoms with van der Waals surface area (Å²) in [5.41, 5.74) is -0.934. The minimum Gasteiger partial charge on any atom is -0.494 e. The normalized spacial score (nSPS) is 14.1. The maximum atomic E-state index is 12.2. The van der Waals surface area contributed by atoms with Crippen LogP contribution in [-0.4, -0.2) is 31.8 Å². The molecule has 1 unspecified atom stereocenters. The van der Waals surface area contributed by atoms with Crippen molar-refractivity contribution in [1.29, 1.82) is 0 Å². The van der Waals surface area contributed by atoms with Gasteiger partial charge in [0.15, 0.2) is 0 Å². The summed E-state index contributed by atoms with van der Waals surface area (Å²) in [7, 11) is -3.67. The van der Waals surface area contributed by atoms with Gasteiger partial charge in [0, 0.05) is 0 Å². The molecule has 2 N–H and O–H groups in total. The number of aliphatic hydroxyl groups is 1. The average Bonchev–Trinajstić information content (AvgIpc) is 2.35. The molecule has 0 bridgehead atoms. The molecule has 0 fully saturated rings. The summed E-state index contributed by atoms with van der Waals surface area (Å²) in [5, 5.41) is 9.58. The van der Waals surface area contributed by atoms with E-state index in [9.17, 15) is 13.5 Å². The lowest BCUT2D eigenvalue weighted by molar-refractivity contribution is 0.111. The second-order valence-electron chi connectivity index (χ2n) is 5.32. The third-order valence-electron chi connectivity index (χ3n) is 3.05. The van der Waals surface area contributed by atoms with Crippen LogP contribution in [0.3, 0.4) is 0 Å². The van der Waals surface area contributed by atoms with E-state index >= 15 is 0 Å². The summed E-state index contributed by atoms with van der Waals surface area (Å²) in [4.78, 5) is 0.148. The van der Waals surface area contributed by atoms with Crippen LogP contribution in [0.1, 0.15) is 34.1 Å². The molecule has 114 valence electrons. The number of benzene rings is 1. The molecule has 5 nitrogen and oxygen atoms in total. The fourth-order valence-corrected chi connectivity index (χ4v) is 2.90. The summed E-state index contributed by atoms with van der Waals surface area (Å²) in [5.74, 6) is 0.639. The highest BCUT2D eigenvalue weighted by molar-refractivity contribution is 7.89. The molecule has 0 spiro atoms. The molecule has 0 heterocycles. The Labute approximate surface area is 121 Å². The highest BCUT2D eigenvalue weighted by Crippen LogP contribution is 2.19. The van der Waals surface area contributed by atoms with E-state index < -0.39 is 21.7 Å². The minimum absolute atomic E-state index is 0.148. The summed E-state index contributed by atoms with van der Waals surface area (Å²) >= 11 is 0. The molecule has 1 rings (SSSR count). The van der Waals surface area contributed by atoms with Gasteiger partial charge in [0.05, 0.1) is 23.1 Å². The van der Waals surface area contributed by atoms with E-state index in [2.05, 4.69) is 4.72 Å². The zero-order valence-corrected chi connectivity index (χ0v) is 13.2. The fourth-order valence-electron chi connectivity index (χ4n) is 1.43. The standard InChI is InChI=1S/C14H23NO4S/c1-5-10-19-12-6-8-13(9-7-12)20(17,18)15-14(3,4)11(2)16/h6-9,11,15-16H,5,10H2,1-4H3. The number of aliphatic hydroxyl groups excluding tert-OH is 1. The second kappa shape index (κ2) is 6.56. The van der Waals surface area contributed by atoms with E-state index in [1.165, 1.54) is 12.1 Å². The molecule has 1 atom stereocenters. The highest BCUT2D eigenvalue weighted by atomic mass is 32.2. The van der Waals surface area contributed by atoms with Gasteiger partial charge in [-0.1, -0.05) is 6.92 Å². The van der Waals surface area contributed by atoms with Crippen LogP contribution >= 0.6 is 0 Å².